The van der Waals surface area contributed by atoms with E-state index in [1.165, 1.54) is 0 Å². The standard InChI is InChI=1S/C20H30N2O4S/c1-16(2)27(24,25)18-6-4-17(5-7-18)19(23)22-11-8-20(21(3)12-13-22)9-14-26-15-10-20/h4-7,16H,8-15H2,1-3H3. The Kier molecular flexibility index (Phi) is 5.93. The zero-order valence-electron chi connectivity index (χ0n) is 16.5. The van der Waals surface area contributed by atoms with E-state index in [1.54, 1.807) is 38.1 Å². The molecule has 2 saturated heterocycles. The van der Waals surface area contributed by atoms with E-state index in [4.69, 9.17) is 4.74 Å². The Morgan fingerprint density at radius 2 is 1.67 bits per heavy atom. The Labute approximate surface area is 162 Å². The molecule has 2 heterocycles. The smallest absolute Gasteiger partial charge is 0.253 e. The highest BCUT2D eigenvalue weighted by Crippen LogP contribution is 2.32. The molecule has 0 aromatic heterocycles. The van der Waals surface area contributed by atoms with Crippen LogP contribution in [0.1, 0.15) is 43.5 Å². The number of amides is 1. The van der Waals surface area contributed by atoms with Crippen molar-refractivity contribution in [2.24, 2.45) is 0 Å². The molecule has 2 fully saturated rings. The van der Waals surface area contributed by atoms with Crippen LogP contribution in [-0.4, -0.2) is 74.8 Å². The van der Waals surface area contributed by atoms with Crippen molar-refractivity contribution in [3.8, 4) is 0 Å². The van der Waals surface area contributed by atoms with E-state index in [2.05, 4.69) is 11.9 Å². The van der Waals surface area contributed by atoms with Gasteiger partial charge in [0, 0.05) is 44.0 Å². The Hall–Kier alpha value is -1.44. The molecular formula is C20H30N2O4S. The summed E-state index contributed by atoms with van der Waals surface area (Å²) in [5, 5.41) is -0.476. The highest BCUT2D eigenvalue weighted by atomic mass is 32.2. The molecular weight excluding hydrogens is 364 g/mol. The second-order valence-electron chi connectivity index (χ2n) is 7.92. The lowest BCUT2D eigenvalue weighted by atomic mass is 9.85. The topological polar surface area (TPSA) is 66.9 Å². The molecule has 7 heteroatoms. The predicted octanol–water partition coefficient (Wildman–Crippen LogP) is 2.20. The van der Waals surface area contributed by atoms with Crippen LogP contribution in [-0.2, 0) is 14.6 Å². The average molecular weight is 395 g/mol. The number of nitrogens with zero attached hydrogens (tertiary/aromatic N) is 2. The van der Waals surface area contributed by atoms with E-state index in [0.717, 1.165) is 45.6 Å². The molecule has 1 aromatic rings. The molecule has 1 aromatic carbocycles. The number of ether oxygens (including phenoxy) is 1. The molecule has 0 radical (unpaired) electrons. The number of likely N-dealkylation sites (N-methyl/N-ethyl adjacent to an activating group) is 1. The summed E-state index contributed by atoms with van der Waals surface area (Å²) < 4.78 is 30.0. The summed E-state index contributed by atoms with van der Waals surface area (Å²) >= 11 is 0. The van der Waals surface area contributed by atoms with Gasteiger partial charge in [-0.15, -0.1) is 0 Å². The Balaban J connectivity index is 1.72. The lowest BCUT2D eigenvalue weighted by Gasteiger charge is -2.43. The van der Waals surface area contributed by atoms with Crippen LogP contribution < -0.4 is 0 Å². The van der Waals surface area contributed by atoms with E-state index < -0.39 is 15.1 Å². The zero-order valence-corrected chi connectivity index (χ0v) is 17.3. The van der Waals surface area contributed by atoms with Gasteiger partial charge in [0.2, 0.25) is 0 Å². The van der Waals surface area contributed by atoms with Crippen LogP contribution in [0.4, 0.5) is 0 Å². The van der Waals surface area contributed by atoms with Crippen molar-refractivity contribution in [3.63, 3.8) is 0 Å². The SMILES string of the molecule is CC(C)S(=O)(=O)c1ccc(C(=O)N2CCN(C)C3(CCOCC3)CC2)cc1. The van der Waals surface area contributed by atoms with E-state index in [1.807, 2.05) is 4.90 Å². The van der Waals surface area contributed by atoms with Crippen LogP contribution in [0.3, 0.4) is 0 Å². The minimum Gasteiger partial charge on any atom is -0.381 e. The number of sulfone groups is 1. The van der Waals surface area contributed by atoms with Gasteiger partial charge >= 0.3 is 0 Å². The van der Waals surface area contributed by atoms with Gasteiger partial charge < -0.3 is 9.64 Å². The van der Waals surface area contributed by atoms with E-state index in [-0.39, 0.29) is 16.3 Å². The number of rotatable bonds is 3. The van der Waals surface area contributed by atoms with Crippen LogP contribution >= 0.6 is 0 Å². The van der Waals surface area contributed by atoms with Crippen molar-refractivity contribution < 1.29 is 17.9 Å². The Bertz CT molecular complexity index is 768. The lowest BCUT2D eigenvalue weighted by Crippen LogP contribution is -2.50. The van der Waals surface area contributed by atoms with Crippen molar-refractivity contribution in [1.29, 1.82) is 0 Å². The third-order valence-corrected chi connectivity index (χ3v) is 8.29. The number of carbonyl (C=O) groups is 1. The summed E-state index contributed by atoms with van der Waals surface area (Å²) in [6.45, 7) is 7.13. The van der Waals surface area contributed by atoms with Gasteiger partial charge in [-0.2, -0.15) is 0 Å². The van der Waals surface area contributed by atoms with Crippen molar-refractivity contribution in [3.05, 3.63) is 29.8 Å². The van der Waals surface area contributed by atoms with Crippen molar-refractivity contribution in [1.82, 2.24) is 9.80 Å². The summed E-state index contributed by atoms with van der Waals surface area (Å²) in [5.74, 6) is -0.0268. The summed E-state index contributed by atoms with van der Waals surface area (Å²) in [7, 11) is -1.18. The van der Waals surface area contributed by atoms with Crippen LogP contribution in [0.25, 0.3) is 0 Å². The first kappa shape index (κ1) is 20.3. The molecule has 0 bridgehead atoms. The molecule has 1 spiro atoms. The van der Waals surface area contributed by atoms with E-state index in [9.17, 15) is 13.2 Å². The summed E-state index contributed by atoms with van der Waals surface area (Å²) in [5.41, 5.74) is 0.672. The largest absolute Gasteiger partial charge is 0.381 e. The third kappa shape index (κ3) is 4.05. The first-order valence-electron chi connectivity index (χ1n) is 9.68. The number of hydrogen-bond acceptors (Lipinski definition) is 5. The predicted molar refractivity (Wildman–Crippen MR) is 105 cm³/mol. The van der Waals surface area contributed by atoms with Gasteiger partial charge in [-0.25, -0.2) is 8.42 Å². The molecule has 1 amide bonds. The molecule has 0 atom stereocenters. The molecule has 0 saturated carbocycles. The van der Waals surface area contributed by atoms with Crippen molar-refractivity contribution in [2.45, 2.75) is 48.8 Å². The number of benzene rings is 1. The number of hydrogen-bond donors (Lipinski definition) is 0. The van der Waals surface area contributed by atoms with Gasteiger partial charge in [0.15, 0.2) is 9.84 Å². The highest BCUT2D eigenvalue weighted by Gasteiger charge is 2.39. The molecule has 2 aliphatic heterocycles. The van der Waals surface area contributed by atoms with Crippen molar-refractivity contribution in [2.75, 3.05) is 39.9 Å². The minimum atomic E-state index is -3.32. The summed E-state index contributed by atoms with van der Waals surface area (Å²) in [6.07, 6.45) is 2.96. The molecule has 2 aliphatic rings. The molecule has 150 valence electrons. The van der Waals surface area contributed by atoms with Crippen LogP contribution in [0.15, 0.2) is 29.2 Å². The van der Waals surface area contributed by atoms with Gasteiger partial charge in [0.25, 0.3) is 5.91 Å². The van der Waals surface area contributed by atoms with E-state index in [0.29, 0.717) is 12.1 Å². The van der Waals surface area contributed by atoms with Crippen LogP contribution in [0.2, 0.25) is 0 Å². The average Bonchev–Trinajstić information content (AvgIpc) is 2.82. The fourth-order valence-corrected chi connectivity index (χ4v) is 5.04. The van der Waals surface area contributed by atoms with Gasteiger partial charge in [-0.3, -0.25) is 9.69 Å². The second kappa shape index (κ2) is 7.89. The monoisotopic (exact) mass is 394 g/mol. The van der Waals surface area contributed by atoms with Crippen LogP contribution in [0.5, 0.6) is 0 Å². The zero-order chi connectivity index (χ0) is 19.7. The molecule has 6 nitrogen and oxygen atoms in total. The molecule has 3 rings (SSSR count). The Morgan fingerprint density at radius 3 is 2.26 bits per heavy atom. The molecule has 0 N–H and O–H groups in total. The normalized spacial score (nSPS) is 21.4. The summed E-state index contributed by atoms with van der Waals surface area (Å²) in [4.78, 5) is 17.5. The maximum Gasteiger partial charge on any atom is 0.253 e. The maximum absolute atomic E-state index is 13.0. The minimum absolute atomic E-state index is 0.0268. The first-order chi connectivity index (χ1) is 12.8. The Morgan fingerprint density at radius 1 is 1.04 bits per heavy atom. The fraction of sp³-hybridized carbons (Fsp3) is 0.650. The highest BCUT2D eigenvalue weighted by molar-refractivity contribution is 7.92. The van der Waals surface area contributed by atoms with Gasteiger partial charge in [-0.1, -0.05) is 0 Å². The first-order valence-corrected chi connectivity index (χ1v) is 11.2. The lowest BCUT2D eigenvalue weighted by molar-refractivity contribution is -0.0158. The van der Waals surface area contributed by atoms with Gasteiger partial charge in [0.1, 0.15) is 0 Å². The quantitative estimate of drug-likeness (QED) is 0.786. The molecule has 0 aliphatic carbocycles. The second-order valence-corrected chi connectivity index (χ2v) is 10.4. The van der Waals surface area contributed by atoms with Gasteiger partial charge in [-0.05, 0) is 64.4 Å². The maximum atomic E-state index is 13.0. The molecule has 27 heavy (non-hydrogen) atoms. The van der Waals surface area contributed by atoms with E-state index >= 15 is 0 Å². The molecule has 0 unspecified atom stereocenters. The van der Waals surface area contributed by atoms with Crippen LogP contribution in [0, 0.1) is 0 Å². The van der Waals surface area contributed by atoms with Crippen molar-refractivity contribution >= 4 is 15.7 Å². The fourth-order valence-electron chi connectivity index (χ4n) is 3.98. The number of carbonyl (C=O) groups excluding carboxylic acids is 1. The van der Waals surface area contributed by atoms with Gasteiger partial charge in [0.05, 0.1) is 10.1 Å². The summed E-state index contributed by atoms with van der Waals surface area (Å²) in [6, 6.07) is 6.37. The third-order valence-electron chi connectivity index (χ3n) is 6.12.